The van der Waals surface area contributed by atoms with E-state index in [0.29, 0.717) is 17.9 Å². The Morgan fingerprint density at radius 2 is 1.96 bits per heavy atom. The second kappa shape index (κ2) is 14.8. The number of piperidine rings is 1. The van der Waals surface area contributed by atoms with Crippen molar-refractivity contribution in [2.24, 2.45) is 22.7 Å². The molecule has 2 aliphatic rings. The molecule has 2 atom stereocenters. The fourth-order valence-electron chi connectivity index (χ4n) is 3.91. The average Bonchev–Trinajstić information content (AvgIpc) is 3.17. The molecule has 166 valence electrons. The van der Waals surface area contributed by atoms with Crippen molar-refractivity contribution in [3.05, 3.63) is 0 Å². The van der Waals surface area contributed by atoms with E-state index in [2.05, 4.69) is 41.3 Å². The minimum Gasteiger partial charge on any atom is -0.381 e. The van der Waals surface area contributed by atoms with Gasteiger partial charge in [-0.3, -0.25) is 9.89 Å². The van der Waals surface area contributed by atoms with Gasteiger partial charge in [-0.2, -0.15) is 0 Å². The molecule has 7 heteroatoms. The van der Waals surface area contributed by atoms with Crippen LogP contribution in [0.25, 0.3) is 0 Å². The Bertz CT molecular complexity index is 423. The molecule has 2 fully saturated rings. The molecule has 2 rings (SSSR count). The number of aliphatic imine (C=N–C) groups is 1. The zero-order valence-corrected chi connectivity index (χ0v) is 20.7. The molecule has 2 heterocycles. The number of nitrogens with zero attached hydrogens (tertiary/aromatic N) is 2. The molecule has 0 saturated carbocycles. The van der Waals surface area contributed by atoms with Crippen LogP contribution in [0.1, 0.15) is 46.5 Å². The first-order valence-electron chi connectivity index (χ1n) is 10.9. The van der Waals surface area contributed by atoms with Gasteiger partial charge in [-0.15, -0.1) is 24.0 Å². The van der Waals surface area contributed by atoms with Crippen molar-refractivity contribution in [3.63, 3.8) is 0 Å². The molecular formula is C21H43IN4O2. The minimum absolute atomic E-state index is 0. The maximum atomic E-state index is 5.76. The fourth-order valence-corrected chi connectivity index (χ4v) is 3.91. The van der Waals surface area contributed by atoms with Gasteiger partial charge in [0.05, 0.1) is 13.2 Å². The molecule has 0 aliphatic carbocycles. The Hall–Kier alpha value is -0.120. The van der Waals surface area contributed by atoms with Gasteiger partial charge in [0.25, 0.3) is 0 Å². The van der Waals surface area contributed by atoms with Crippen molar-refractivity contribution < 1.29 is 9.47 Å². The van der Waals surface area contributed by atoms with Crippen molar-refractivity contribution in [1.82, 2.24) is 15.5 Å². The molecule has 28 heavy (non-hydrogen) atoms. The van der Waals surface area contributed by atoms with E-state index in [-0.39, 0.29) is 24.0 Å². The lowest BCUT2D eigenvalue weighted by molar-refractivity contribution is 0.0887. The van der Waals surface area contributed by atoms with Gasteiger partial charge in [-0.25, -0.2) is 0 Å². The minimum atomic E-state index is 0. The van der Waals surface area contributed by atoms with Crippen molar-refractivity contribution in [2.45, 2.75) is 52.5 Å². The maximum absolute atomic E-state index is 5.76. The summed E-state index contributed by atoms with van der Waals surface area (Å²) in [4.78, 5) is 7.03. The average molecular weight is 511 g/mol. The van der Waals surface area contributed by atoms with E-state index in [9.17, 15) is 0 Å². The van der Waals surface area contributed by atoms with Gasteiger partial charge in [0, 0.05) is 45.3 Å². The van der Waals surface area contributed by atoms with Gasteiger partial charge in [0.1, 0.15) is 0 Å². The monoisotopic (exact) mass is 510 g/mol. The van der Waals surface area contributed by atoms with E-state index in [4.69, 9.17) is 9.47 Å². The number of rotatable bonds is 10. The van der Waals surface area contributed by atoms with Crippen LogP contribution in [0.2, 0.25) is 0 Å². The number of guanidine groups is 1. The van der Waals surface area contributed by atoms with E-state index in [1.54, 1.807) is 0 Å². The number of hydrogen-bond acceptors (Lipinski definition) is 4. The highest BCUT2D eigenvalue weighted by atomic mass is 127. The molecule has 2 N–H and O–H groups in total. The fraction of sp³-hybridized carbons (Fsp3) is 0.952. The van der Waals surface area contributed by atoms with Gasteiger partial charge in [0.2, 0.25) is 0 Å². The van der Waals surface area contributed by atoms with Gasteiger partial charge in [-0.1, -0.05) is 20.8 Å². The molecule has 0 bridgehead atoms. The zero-order chi connectivity index (χ0) is 19.5. The van der Waals surface area contributed by atoms with Gasteiger partial charge in [0.15, 0.2) is 5.96 Å². The topological polar surface area (TPSA) is 58.1 Å². The van der Waals surface area contributed by atoms with Crippen molar-refractivity contribution in [3.8, 4) is 0 Å². The SMILES string of the molecule is CN=C(NCCCOCC1CCOC1)NCC(C(C)C)N1CCC(C)CC1.I. The van der Waals surface area contributed by atoms with Crippen LogP contribution >= 0.6 is 24.0 Å². The standard InChI is InChI=1S/C21H42N4O2.HI/c1-17(2)20(25-10-6-18(3)7-11-25)14-24-21(22-4)23-9-5-12-26-15-19-8-13-27-16-19;/h17-20H,5-16H2,1-4H3,(H2,22,23,24);1H. The van der Waals surface area contributed by atoms with Crippen LogP contribution in [0.3, 0.4) is 0 Å². The van der Waals surface area contributed by atoms with Gasteiger partial charge >= 0.3 is 0 Å². The summed E-state index contributed by atoms with van der Waals surface area (Å²) in [5.74, 6) is 3.00. The lowest BCUT2D eigenvalue weighted by Gasteiger charge is -2.39. The molecule has 2 saturated heterocycles. The van der Waals surface area contributed by atoms with Crippen molar-refractivity contribution >= 4 is 29.9 Å². The summed E-state index contributed by atoms with van der Waals surface area (Å²) in [6.45, 7) is 14.7. The molecule has 0 aromatic heterocycles. The molecular weight excluding hydrogens is 467 g/mol. The predicted molar refractivity (Wildman–Crippen MR) is 128 cm³/mol. The first kappa shape index (κ1) is 25.9. The molecule has 0 radical (unpaired) electrons. The molecule has 2 unspecified atom stereocenters. The summed E-state index contributed by atoms with van der Waals surface area (Å²) >= 11 is 0. The number of nitrogens with one attached hydrogen (secondary N) is 2. The van der Waals surface area contributed by atoms with Crippen LogP contribution in [0.4, 0.5) is 0 Å². The van der Waals surface area contributed by atoms with E-state index in [1.165, 1.54) is 25.9 Å². The lowest BCUT2D eigenvalue weighted by Crippen LogP contribution is -2.51. The number of hydrogen-bond donors (Lipinski definition) is 2. The Labute approximate surface area is 189 Å². The third-order valence-electron chi connectivity index (χ3n) is 5.89. The molecule has 0 spiro atoms. The van der Waals surface area contributed by atoms with Crippen LogP contribution in [0, 0.1) is 17.8 Å². The number of likely N-dealkylation sites (tertiary alicyclic amines) is 1. The van der Waals surface area contributed by atoms with Crippen LogP contribution < -0.4 is 10.6 Å². The van der Waals surface area contributed by atoms with Crippen LogP contribution in [0.15, 0.2) is 4.99 Å². The molecule has 6 nitrogen and oxygen atoms in total. The highest BCUT2D eigenvalue weighted by Gasteiger charge is 2.25. The summed E-state index contributed by atoms with van der Waals surface area (Å²) in [7, 11) is 1.85. The molecule has 0 aromatic carbocycles. The van der Waals surface area contributed by atoms with Crippen LogP contribution in [0.5, 0.6) is 0 Å². The maximum Gasteiger partial charge on any atom is 0.191 e. The first-order chi connectivity index (χ1) is 13.1. The third-order valence-corrected chi connectivity index (χ3v) is 5.89. The summed E-state index contributed by atoms with van der Waals surface area (Å²) in [5, 5.41) is 6.95. The second-order valence-electron chi connectivity index (χ2n) is 8.57. The summed E-state index contributed by atoms with van der Waals surface area (Å²) in [6, 6.07) is 0.563. The van der Waals surface area contributed by atoms with E-state index >= 15 is 0 Å². The molecule has 0 amide bonds. The van der Waals surface area contributed by atoms with Gasteiger partial charge in [-0.05, 0) is 50.6 Å². The highest BCUT2D eigenvalue weighted by Crippen LogP contribution is 2.21. The smallest absolute Gasteiger partial charge is 0.191 e. The third kappa shape index (κ3) is 9.59. The number of halogens is 1. The second-order valence-corrected chi connectivity index (χ2v) is 8.57. The van der Waals surface area contributed by atoms with Crippen molar-refractivity contribution in [2.75, 3.05) is 59.7 Å². The molecule has 0 aromatic rings. The normalized spacial score (nSPS) is 22.9. The van der Waals surface area contributed by atoms with Crippen LogP contribution in [-0.2, 0) is 9.47 Å². The Morgan fingerprint density at radius 1 is 1.21 bits per heavy atom. The largest absolute Gasteiger partial charge is 0.381 e. The van der Waals surface area contributed by atoms with Crippen LogP contribution in [-0.4, -0.2) is 76.6 Å². The van der Waals surface area contributed by atoms with Gasteiger partial charge < -0.3 is 20.1 Å². The molecule has 2 aliphatic heterocycles. The first-order valence-corrected chi connectivity index (χ1v) is 10.9. The Morgan fingerprint density at radius 3 is 2.57 bits per heavy atom. The quantitative estimate of drug-likeness (QED) is 0.205. The summed E-state index contributed by atoms with van der Waals surface area (Å²) < 4.78 is 11.1. The lowest BCUT2D eigenvalue weighted by atomic mass is 9.94. The highest BCUT2D eigenvalue weighted by molar-refractivity contribution is 14.0. The Balaban J connectivity index is 0.00000392. The Kier molecular flexibility index (Phi) is 13.7. The predicted octanol–water partition coefficient (Wildman–Crippen LogP) is 2.97. The van der Waals surface area contributed by atoms with Crippen molar-refractivity contribution in [1.29, 1.82) is 0 Å². The zero-order valence-electron chi connectivity index (χ0n) is 18.4. The van der Waals surface area contributed by atoms with E-state index in [0.717, 1.165) is 64.2 Å². The number of ether oxygens (including phenoxy) is 2. The summed E-state index contributed by atoms with van der Waals surface area (Å²) in [6.07, 6.45) is 4.78. The summed E-state index contributed by atoms with van der Waals surface area (Å²) in [5.41, 5.74) is 0. The van der Waals surface area contributed by atoms with E-state index in [1.807, 2.05) is 7.05 Å². The van der Waals surface area contributed by atoms with E-state index < -0.39 is 0 Å².